The molecule has 1 aliphatic rings. The molecule has 72 valence electrons. The molecule has 0 aromatic heterocycles. The van der Waals surface area contributed by atoms with Gasteiger partial charge in [0.1, 0.15) is 6.61 Å². The summed E-state index contributed by atoms with van der Waals surface area (Å²) in [5.74, 6) is -0.361. The van der Waals surface area contributed by atoms with E-state index in [-0.39, 0.29) is 12.6 Å². The van der Waals surface area contributed by atoms with Crippen molar-refractivity contribution in [1.82, 2.24) is 0 Å². The van der Waals surface area contributed by atoms with Crippen LogP contribution in [0.5, 0.6) is 0 Å². The van der Waals surface area contributed by atoms with Crippen molar-refractivity contribution in [3.05, 3.63) is 35.4 Å². The van der Waals surface area contributed by atoms with Crippen molar-refractivity contribution >= 4 is 12.4 Å². The first kappa shape index (κ1) is 8.74. The van der Waals surface area contributed by atoms with Crippen LogP contribution < -0.4 is 0 Å². The Labute approximate surface area is 80.4 Å². The van der Waals surface area contributed by atoms with Crippen LogP contribution in [-0.4, -0.2) is 19.0 Å². The number of rotatable bonds is 3. The Morgan fingerprint density at radius 3 is 3.00 bits per heavy atom. The van der Waals surface area contributed by atoms with Gasteiger partial charge in [-0.3, -0.25) is 4.79 Å². The van der Waals surface area contributed by atoms with E-state index < -0.39 is 6.10 Å². The van der Waals surface area contributed by atoms with Crippen molar-refractivity contribution in [1.29, 1.82) is 0 Å². The highest BCUT2D eigenvalue weighted by Gasteiger charge is 2.30. The third-order valence-corrected chi connectivity index (χ3v) is 2.09. The third kappa shape index (κ3) is 1.35. The Bertz CT molecular complexity index is 372. The van der Waals surface area contributed by atoms with E-state index in [4.69, 9.17) is 4.74 Å². The number of hydrogen-bond donors (Lipinski definition) is 0. The van der Waals surface area contributed by atoms with E-state index in [0.29, 0.717) is 12.0 Å². The SMILES string of the molecule is O=COCC1OC(=O)c2ccccc21. The maximum atomic E-state index is 11.3. The van der Waals surface area contributed by atoms with E-state index in [2.05, 4.69) is 4.74 Å². The lowest BCUT2D eigenvalue weighted by Crippen LogP contribution is -2.06. The van der Waals surface area contributed by atoms with E-state index in [1.54, 1.807) is 18.2 Å². The van der Waals surface area contributed by atoms with Crippen molar-refractivity contribution in [3.8, 4) is 0 Å². The number of esters is 1. The summed E-state index contributed by atoms with van der Waals surface area (Å²) >= 11 is 0. The van der Waals surface area contributed by atoms with Crippen LogP contribution in [0.4, 0.5) is 0 Å². The van der Waals surface area contributed by atoms with Crippen molar-refractivity contribution < 1.29 is 19.1 Å². The van der Waals surface area contributed by atoms with Gasteiger partial charge in [0.25, 0.3) is 6.47 Å². The van der Waals surface area contributed by atoms with Gasteiger partial charge < -0.3 is 9.47 Å². The lowest BCUT2D eigenvalue weighted by atomic mass is 10.1. The minimum Gasteiger partial charge on any atom is -0.464 e. The molecular formula is C10H8O4. The van der Waals surface area contributed by atoms with E-state index >= 15 is 0 Å². The smallest absolute Gasteiger partial charge is 0.339 e. The zero-order chi connectivity index (χ0) is 9.97. The highest BCUT2D eigenvalue weighted by Crippen LogP contribution is 2.30. The Balaban J connectivity index is 2.25. The minimum atomic E-state index is -0.455. The fraction of sp³-hybridized carbons (Fsp3) is 0.200. The van der Waals surface area contributed by atoms with Gasteiger partial charge in [-0.2, -0.15) is 0 Å². The minimum absolute atomic E-state index is 0.0756. The molecule has 0 aliphatic carbocycles. The van der Waals surface area contributed by atoms with Gasteiger partial charge in [0.15, 0.2) is 6.10 Å². The lowest BCUT2D eigenvalue weighted by molar-refractivity contribution is -0.131. The second-order valence-electron chi connectivity index (χ2n) is 2.91. The molecule has 1 atom stereocenters. The maximum absolute atomic E-state index is 11.3. The van der Waals surface area contributed by atoms with Crippen LogP contribution >= 0.6 is 0 Å². The maximum Gasteiger partial charge on any atom is 0.339 e. The summed E-state index contributed by atoms with van der Waals surface area (Å²) in [5.41, 5.74) is 1.33. The number of benzene rings is 1. The molecule has 0 saturated carbocycles. The van der Waals surface area contributed by atoms with Crippen LogP contribution in [0.3, 0.4) is 0 Å². The van der Waals surface area contributed by atoms with Crippen molar-refractivity contribution in [3.63, 3.8) is 0 Å². The van der Waals surface area contributed by atoms with Gasteiger partial charge in [0.2, 0.25) is 0 Å². The monoisotopic (exact) mass is 192 g/mol. The summed E-state index contributed by atoms with van der Waals surface area (Å²) < 4.78 is 9.58. The highest BCUT2D eigenvalue weighted by atomic mass is 16.6. The molecule has 1 heterocycles. The molecule has 1 aromatic rings. The van der Waals surface area contributed by atoms with Crippen LogP contribution in [-0.2, 0) is 14.3 Å². The number of hydrogen-bond acceptors (Lipinski definition) is 4. The van der Waals surface area contributed by atoms with E-state index in [1.807, 2.05) is 6.07 Å². The number of carbonyl (C=O) groups is 2. The second-order valence-corrected chi connectivity index (χ2v) is 2.91. The molecule has 0 fully saturated rings. The molecule has 0 spiro atoms. The average molecular weight is 192 g/mol. The molecule has 0 radical (unpaired) electrons. The molecule has 1 aromatic carbocycles. The molecule has 0 amide bonds. The van der Waals surface area contributed by atoms with Gasteiger partial charge in [0.05, 0.1) is 5.56 Å². The van der Waals surface area contributed by atoms with Gasteiger partial charge in [-0.1, -0.05) is 18.2 Å². The first-order valence-electron chi connectivity index (χ1n) is 4.18. The molecule has 0 bridgehead atoms. The fourth-order valence-electron chi connectivity index (χ4n) is 1.47. The molecule has 0 N–H and O–H groups in total. The number of ether oxygens (including phenoxy) is 2. The summed E-state index contributed by atoms with van der Waals surface area (Å²) in [6.45, 7) is 0.418. The van der Waals surface area contributed by atoms with Crippen LogP contribution in [0.25, 0.3) is 0 Å². The highest BCUT2D eigenvalue weighted by molar-refractivity contribution is 5.93. The third-order valence-electron chi connectivity index (χ3n) is 2.09. The van der Waals surface area contributed by atoms with E-state index in [0.717, 1.165) is 5.56 Å². The Hall–Kier alpha value is -1.84. The largest absolute Gasteiger partial charge is 0.464 e. The zero-order valence-corrected chi connectivity index (χ0v) is 7.30. The normalized spacial score (nSPS) is 18.6. The molecule has 1 aliphatic heterocycles. The number of fused-ring (bicyclic) bond motifs is 1. The summed E-state index contributed by atoms with van der Waals surface area (Å²) in [4.78, 5) is 21.3. The lowest BCUT2D eigenvalue weighted by Gasteiger charge is -2.07. The van der Waals surface area contributed by atoms with E-state index in [1.165, 1.54) is 0 Å². The fourth-order valence-corrected chi connectivity index (χ4v) is 1.47. The van der Waals surface area contributed by atoms with Crippen LogP contribution in [0.1, 0.15) is 22.0 Å². The standard InChI is InChI=1S/C10H8O4/c11-6-13-5-9-7-3-1-2-4-8(7)10(12)14-9/h1-4,6,9H,5H2. The second kappa shape index (κ2) is 3.49. The molecule has 0 saturated heterocycles. The summed E-state index contributed by atoms with van der Waals surface area (Å²) in [5, 5.41) is 0. The topological polar surface area (TPSA) is 52.6 Å². The number of carbonyl (C=O) groups excluding carboxylic acids is 2. The van der Waals surface area contributed by atoms with Gasteiger partial charge in [-0.15, -0.1) is 0 Å². The van der Waals surface area contributed by atoms with Crippen molar-refractivity contribution in [2.45, 2.75) is 6.10 Å². The molecule has 4 nitrogen and oxygen atoms in total. The number of cyclic esters (lactones) is 1. The molecular weight excluding hydrogens is 184 g/mol. The molecule has 2 rings (SSSR count). The van der Waals surface area contributed by atoms with Gasteiger partial charge >= 0.3 is 5.97 Å². The van der Waals surface area contributed by atoms with E-state index in [9.17, 15) is 9.59 Å². The molecule has 4 heteroatoms. The first-order valence-corrected chi connectivity index (χ1v) is 4.18. The summed E-state index contributed by atoms with van der Waals surface area (Å²) in [6, 6.07) is 7.06. The van der Waals surface area contributed by atoms with Crippen molar-refractivity contribution in [2.75, 3.05) is 6.61 Å². The average Bonchev–Trinajstić information content (AvgIpc) is 2.54. The zero-order valence-electron chi connectivity index (χ0n) is 7.30. The Kier molecular flexibility index (Phi) is 2.18. The van der Waals surface area contributed by atoms with Crippen LogP contribution in [0, 0.1) is 0 Å². The quantitative estimate of drug-likeness (QED) is 0.531. The predicted molar refractivity (Wildman–Crippen MR) is 46.6 cm³/mol. The van der Waals surface area contributed by atoms with Gasteiger partial charge in [0, 0.05) is 5.56 Å². The Morgan fingerprint density at radius 2 is 2.21 bits per heavy atom. The van der Waals surface area contributed by atoms with Gasteiger partial charge in [-0.25, -0.2) is 4.79 Å². The van der Waals surface area contributed by atoms with Crippen LogP contribution in [0.15, 0.2) is 24.3 Å². The first-order chi connectivity index (χ1) is 6.83. The van der Waals surface area contributed by atoms with Gasteiger partial charge in [-0.05, 0) is 6.07 Å². The van der Waals surface area contributed by atoms with Crippen molar-refractivity contribution in [2.24, 2.45) is 0 Å². The van der Waals surface area contributed by atoms with Crippen LogP contribution in [0.2, 0.25) is 0 Å². The molecule has 1 unspecified atom stereocenters. The Morgan fingerprint density at radius 1 is 1.43 bits per heavy atom. The summed E-state index contributed by atoms with van der Waals surface area (Å²) in [7, 11) is 0. The predicted octanol–water partition coefficient (Wildman–Crippen LogP) is 1.07. The summed E-state index contributed by atoms with van der Waals surface area (Å²) in [6.07, 6.45) is -0.455. The molecule has 14 heavy (non-hydrogen) atoms.